The lowest BCUT2D eigenvalue weighted by molar-refractivity contribution is -0.120. The molecule has 0 aliphatic carbocycles. The number of rotatable bonds is 6. The van der Waals surface area contributed by atoms with Gasteiger partial charge in [0.2, 0.25) is 5.91 Å². The van der Waals surface area contributed by atoms with Crippen molar-refractivity contribution in [2.45, 2.75) is 26.8 Å². The Labute approximate surface area is 165 Å². The number of amides is 2. The lowest BCUT2D eigenvalue weighted by atomic mass is 10.1. The molecule has 0 aliphatic heterocycles. The molecule has 0 unspecified atom stereocenters. The molecule has 0 bridgehead atoms. The summed E-state index contributed by atoms with van der Waals surface area (Å²) >= 11 is 5.34. The molecule has 0 heterocycles. The van der Waals surface area contributed by atoms with Crippen molar-refractivity contribution in [2.75, 3.05) is 11.9 Å². The Bertz CT molecular complexity index is 806. The van der Waals surface area contributed by atoms with Gasteiger partial charge in [0.05, 0.1) is 11.3 Å². The fraction of sp³-hybridized carbons (Fsp3) is 0.286. The third-order valence-electron chi connectivity index (χ3n) is 3.95. The average Bonchev–Trinajstić information content (AvgIpc) is 2.65. The Hall–Kier alpha value is -2.73. The quantitative estimate of drug-likeness (QED) is 0.750. The highest BCUT2D eigenvalue weighted by atomic mass is 32.1. The molecule has 0 fully saturated rings. The average molecular weight is 384 g/mol. The maximum absolute atomic E-state index is 12.7. The van der Waals surface area contributed by atoms with Crippen LogP contribution < -0.4 is 15.5 Å². The van der Waals surface area contributed by atoms with Gasteiger partial charge in [-0.15, -0.1) is 0 Å². The zero-order valence-electron chi connectivity index (χ0n) is 15.9. The SMILES string of the molecule is CC(C)CC(=O)NC(=S)N(C)c1ccccc1C(=O)NCc1ccccc1. The van der Waals surface area contributed by atoms with E-state index in [2.05, 4.69) is 10.6 Å². The summed E-state index contributed by atoms with van der Waals surface area (Å²) in [6, 6.07) is 16.9. The molecule has 0 saturated carbocycles. The summed E-state index contributed by atoms with van der Waals surface area (Å²) in [4.78, 5) is 26.3. The highest BCUT2D eigenvalue weighted by Crippen LogP contribution is 2.19. The summed E-state index contributed by atoms with van der Waals surface area (Å²) in [5.74, 6) is -0.0837. The number of nitrogens with zero attached hydrogens (tertiary/aromatic N) is 1. The van der Waals surface area contributed by atoms with E-state index >= 15 is 0 Å². The van der Waals surface area contributed by atoms with Crippen molar-refractivity contribution < 1.29 is 9.59 Å². The number of para-hydroxylation sites is 1. The van der Waals surface area contributed by atoms with Crippen LogP contribution in [0.15, 0.2) is 54.6 Å². The van der Waals surface area contributed by atoms with Crippen LogP contribution in [0.3, 0.4) is 0 Å². The number of anilines is 1. The third-order valence-corrected chi connectivity index (χ3v) is 4.33. The summed E-state index contributed by atoms with van der Waals surface area (Å²) in [6.45, 7) is 4.38. The zero-order valence-corrected chi connectivity index (χ0v) is 16.7. The molecule has 0 radical (unpaired) electrons. The fourth-order valence-electron chi connectivity index (χ4n) is 2.57. The predicted octanol–water partition coefficient (Wildman–Crippen LogP) is 3.50. The molecule has 6 heteroatoms. The van der Waals surface area contributed by atoms with Gasteiger partial charge in [-0.1, -0.05) is 56.3 Å². The van der Waals surface area contributed by atoms with Crippen LogP contribution in [0, 0.1) is 5.92 Å². The van der Waals surface area contributed by atoms with Crippen LogP contribution in [-0.4, -0.2) is 24.0 Å². The normalized spacial score (nSPS) is 10.4. The number of nitrogens with one attached hydrogen (secondary N) is 2. The fourth-order valence-corrected chi connectivity index (χ4v) is 2.78. The molecule has 5 nitrogen and oxygen atoms in total. The molecule has 2 aromatic rings. The van der Waals surface area contributed by atoms with E-state index in [1.165, 1.54) is 0 Å². The second-order valence-corrected chi connectivity index (χ2v) is 7.08. The van der Waals surface area contributed by atoms with Gasteiger partial charge in [0.15, 0.2) is 5.11 Å². The van der Waals surface area contributed by atoms with E-state index in [1.54, 1.807) is 30.1 Å². The molecule has 0 saturated heterocycles. The van der Waals surface area contributed by atoms with E-state index in [1.807, 2.05) is 50.2 Å². The van der Waals surface area contributed by atoms with Gasteiger partial charge in [0, 0.05) is 20.0 Å². The van der Waals surface area contributed by atoms with Crippen molar-refractivity contribution in [3.05, 3.63) is 65.7 Å². The van der Waals surface area contributed by atoms with Crippen molar-refractivity contribution in [2.24, 2.45) is 5.92 Å². The molecule has 2 N–H and O–H groups in total. The lowest BCUT2D eigenvalue weighted by Crippen LogP contribution is -2.41. The van der Waals surface area contributed by atoms with Crippen molar-refractivity contribution in [3.63, 3.8) is 0 Å². The Morgan fingerprint density at radius 2 is 1.67 bits per heavy atom. The van der Waals surface area contributed by atoms with Crippen LogP contribution in [0.25, 0.3) is 0 Å². The highest BCUT2D eigenvalue weighted by molar-refractivity contribution is 7.80. The number of thiocarbonyl (C=S) groups is 1. The molecule has 0 aromatic heterocycles. The highest BCUT2D eigenvalue weighted by Gasteiger charge is 2.18. The van der Waals surface area contributed by atoms with Gasteiger partial charge in [-0.2, -0.15) is 0 Å². The van der Waals surface area contributed by atoms with Crippen molar-refractivity contribution in [3.8, 4) is 0 Å². The van der Waals surface area contributed by atoms with Crippen LogP contribution in [-0.2, 0) is 11.3 Å². The summed E-state index contributed by atoms with van der Waals surface area (Å²) in [7, 11) is 1.74. The van der Waals surface area contributed by atoms with Gasteiger partial charge in [-0.25, -0.2) is 0 Å². The molecule has 0 aliphatic rings. The van der Waals surface area contributed by atoms with Crippen LogP contribution in [0.4, 0.5) is 5.69 Å². The standard InChI is InChI=1S/C21H25N3O2S/c1-15(2)13-19(25)23-21(27)24(3)18-12-8-7-11-17(18)20(26)22-14-16-9-5-4-6-10-16/h4-12,15H,13-14H2,1-3H3,(H,22,26)(H,23,25,27). The van der Waals surface area contributed by atoms with Crippen LogP contribution in [0.1, 0.15) is 36.2 Å². The van der Waals surface area contributed by atoms with E-state index < -0.39 is 0 Å². The largest absolute Gasteiger partial charge is 0.348 e. The molecule has 142 valence electrons. The van der Waals surface area contributed by atoms with Gasteiger partial charge in [-0.3, -0.25) is 9.59 Å². The van der Waals surface area contributed by atoms with Gasteiger partial charge in [0.1, 0.15) is 0 Å². The summed E-state index contributed by atoms with van der Waals surface area (Å²) in [5, 5.41) is 5.91. The number of benzene rings is 2. The first kappa shape index (κ1) is 20.6. The Kier molecular flexibility index (Phi) is 7.49. The number of hydrogen-bond acceptors (Lipinski definition) is 3. The van der Waals surface area contributed by atoms with Crippen molar-refractivity contribution in [1.82, 2.24) is 10.6 Å². The summed E-state index contributed by atoms with van der Waals surface area (Å²) in [6.07, 6.45) is 0.396. The van der Waals surface area contributed by atoms with Gasteiger partial charge in [-0.05, 0) is 35.8 Å². The minimum atomic E-state index is -0.197. The van der Waals surface area contributed by atoms with E-state index in [9.17, 15) is 9.59 Å². The molecule has 27 heavy (non-hydrogen) atoms. The molecule has 0 atom stereocenters. The monoisotopic (exact) mass is 383 g/mol. The zero-order chi connectivity index (χ0) is 19.8. The summed E-state index contributed by atoms with van der Waals surface area (Å²) in [5.41, 5.74) is 2.16. The number of carbonyl (C=O) groups is 2. The summed E-state index contributed by atoms with van der Waals surface area (Å²) < 4.78 is 0. The van der Waals surface area contributed by atoms with Crippen molar-refractivity contribution in [1.29, 1.82) is 0 Å². The first-order valence-electron chi connectivity index (χ1n) is 8.87. The maximum Gasteiger partial charge on any atom is 0.253 e. The van der Waals surface area contributed by atoms with Gasteiger partial charge < -0.3 is 15.5 Å². The molecule has 0 spiro atoms. The molecule has 2 rings (SSSR count). The smallest absolute Gasteiger partial charge is 0.253 e. The van der Waals surface area contributed by atoms with Crippen LogP contribution in [0.5, 0.6) is 0 Å². The number of hydrogen-bond donors (Lipinski definition) is 2. The van der Waals surface area contributed by atoms with E-state index in [0.29, 0.717) is 24.2 Å². The molecule has 2 aromatic carbocycles. The third kappa shape index (κ3) is 6.18. The van der Waals surface area contributed by atoms with Gasteiger partial charge in [0.25, 0.3) is 5.91 Å². The molecule has 2 amide bonds. The van der Waals surface area contributed by atoms with Crippen molar-refractivity contribution >= 4 is 34.8 Å². The second-order valence-electron chi connectivity index (χ2n) is 6.70. The topological polar surface area (TPSA) is 61.4 Å². The maximum atomic E-state index is 12.7. The van der Waals surface area contributed by atoms with E-state index in [4.69, 9.17) is 12.2 Å². The lowest BCUT2D eigenvalue weighted by Gasteiger charge is -2.23. The Morgan fingerprint density at radius 1 is 1.04 bits per heavy atom. The minimum absolute atomic E-state index is 0.132. The molecular weight excluding hydrogens is 358 g/mol. The van der Waals surface area contributed by atoms with E-state index in [0.717, 1.165) is 5.56 Å². The van der Waals surface area contributed by atoms with E-state index in [-0.39, 0.29) is 22.8 Å². The Balaban J connectivity index is 2.08. The Morgan fingerprint density at radius 3 is 2.33 bits per heavy atom. The first-order valence-corrected chi connectivity index (χ1v) is 9.28. The van der Waals surface area contributed by atoms with Gasteiger partial charge >= 0.3 is 0 Å². The van der Waals surface area contributed by atoms with Crippen LogP contribution in [0.2, 0.25) is 0 Å². The predicted molar refractivity (Wildman–Crippen MR) is 113 cm³/mol. The second kappa shape index (κ2) is 9.83. The minimum Gasteiger partial charge on any atom is -0.348 e. The number of carbonyl (C=O) groups excluding carboxylic acids is 2. The first-order chi connectivity index (χ1) is 12.9. The van der Waals surface area contributed by atoms with Crippen LogP contribution >= 0.6 is 12.2 Å². The molecular formula is C21H25N3O2S.